The van der Waals surface area contributed by atoms with Crippen molar-refractivity contribution in [2.24, 2.45) is 0 Å². The highest BCUT2D eigenvalue weighted by atomic mass is 19.1. The van der Waals surface area contributed by atoms with Gasteiger partial charge in [-0.25, -0.2) is 9.37 Å². The number of hydrogen-bond donors (Lipinski definition) is 0. The normalized spacial score (nSPS) is 18.3. The van der Waals surface area contributed by atoms with Gasteiger partial charge in [-0.05, 0) is 37.6 Å². The van der Waals surface area contributed by atoms with Crippen molar-refractivity contribution in [3.05, 3.63) is 53.5 Å². The molecule has 1 amide bonds. The predicted octanol–water partition coefficient (Wildman–Crippen LogP) is 2.37. The van der Waals surface area contributed by atoms with E-state index in [-0.39, 0.29) is 11.7 Å². The summed E-state index contributed by atoms with van der Waals surface area (Å²) < 4.78 is 18.7. The highest BCUT2D eigenvalue weighted by molar-refractivity contribution is 5.92. The molecule has 1 aliphatic carbocycles. The molecule has 4 rings (SSSR count). The monoisotopic (exact) mass is 372 g/mol. The number of benzene rings is 1. The van der Waals surface area contributed by atoms with Crippen LogP contribution in [0.3, 0.4) is 0 Å². The molecule has 1 saturated carbocycles. The zero-order valence-electron chi connectivity index (χ0n) is 15.6. The molecule has 0 radical (unpaired) electrons. The van der Waals surface area contributed by atoms with Crippen LogP contribution in [0.25, 0.3) is 0 Å². The third-order valence-electron chi connectivity index (χ3n) is 5.26. The number of carbonyl (C=O) groups is 1. The highest BCUT2D eigenvalue weighted by Gasteiger charge is 2.30. The summed E-state index contributed by atoms with van der Waals surface area (Å²) in [5.41, 5.74) is 1.44. The van der Waals surface area contributed by atoms with Crippen LogP contribution < -0.4 is 0 Å². The molecule has 2 fully saturated rings. The van der Waals surface area contributed by atoms with E-state index in [1.54, 1.807) is 0 Å². The fourth-order valence-electron chi connectivity index (χ4n) is 3.41. The molecule has 2 aliphatic rings. The zero-order valence-corrected chi connectivity index (χ0v) is 15.6. The van der Waals surface area contributed by atoms with Gasteiger partial charge in [-0.15, -0.1) is 0 Å². The van der Waals surface area contributed by atoms with Crippen LogP contribution in [-0.2, 0) is 13.1 Å². The van der Waals surface area contributed by atoms with Crippen LogP contribution in [0.15, 0.2) is 34.9 Å². The molecule has 0 atom stereocenters. The summed E-state index contributed by atoms with van der Waals surface area (Å²) in [7, 11) is 2.06. The lowest BCUT2D eigenvalue weighted by molar-refractivity contribution is 0.0658. The van der Waals surface area contributed by atoms with Crippen LogP contribution in [0.4, 0.5) is 4.39 Å². The van der Waals surface area contributed by atoms with Gasteiger partial charge in [-0.2, -0.15) is 0 Å². The molecule has 0 unspecified atom stereocenters. The first kappa shape index (κ1) is 18.1. The first-order valence-electron chi connectivity index (χ1n) is 9.49. The first-order chi connectivity index (χ1) is 13.1. The SMILES string of the molecule is CN1CCN(C(=O)c2coc(CN(Cc3ccc(F)cc3)C3CC3)n2)CC1. The van der Waals surface area contributed by atoms with Gasteiger partial charge in [0.1, 0.15) is 12.1 Å². The van der Waals surface area contributed by atoms with Crippen LogP contribution in [0, 0.1) is 5.82 Å². The van der Waals surface area contributed by atoms with E-state index in [4.69, 9.17) is 4.42 Å². The summed E-state index contributed by atoms with van der Waals surface area (Å²) in [4.78, 5) is 23.4. The van der Waals surface area contributed by atoms with E-state index in [1.165, 1.54) is 18.4 Å². The predicted molar refractivity (Wildman–Crippen MR) is 98.6 cm³/mol. The number of rotatable bonds is 6. The number of carbonyl (C=O) groups excluding carboxylic acids is 1. The van der Waals surface area contributed by atoms with Crippen molar-refractivity contribution in [1.82, 2.24) is 19.7 Å². The molecule has 2 aromatic rings. The average Bonchev–Trinajstić information content (AvgIpc) is 3.42. The number of nitrogens with zero attached hydrogens (tertiary/aromatic N) is 4. The van der Waals surface area contributed by atoms with Crippen molar-refractivity contribution in [2.75, 3.05) is 33.2 Å². The third kappa shape index (κ3) is 4.54. The molecule has 6 nitrogen and oxygen atoms in total. The quantitative estimate of drug-likeness (QED) is 0.779. The second-order valence-corrected chi connectivity index (χ2v) is 7.48. The molecular formula is C20H25FN4O2. The highest BCUT2D eigenvalue weighted by Crippen LogP contribution is 2.29. The molecule has 1 aromatic heterocycles. The summed E-state index contributed by atoms with van der Waals surface area (Å²) in [5.74, 6) is 0.271. The second-order valence-electron chi connectivity index (χ2n) is 7.48. The fraction of sp³-hybridized carbons (Fsp3) is 0.500. The van der Waals surface area contributed by atoms with Crippen molar-refractivity contribution in [3.8, 4) is 0 Å². The Labute approximate surface area is 158 Å². The molecule has 0 N–H and O–H groups in total. The minimum absolute atomic E-state index is 0.0605. The summed E-state index contributed by atoms with van der Waals surface area (Å²) in [6.45, 7) is 4.47. The largest absolute Gasteiger partial charge is 0.447 e. The Morgan fingerprint density at radius 3 is 2.56 bits per heavy atom. The Bertz CT molecular complexity index is 780. The van der Waals surface area contributed by atoms with Gasteiger partial charge in [-0.1, -0.05) is 12.1 Å². The van der Waals surface area contributed by atoms with Gasteiger partial charge in [-0.3, -0.25) is 9.69 Å². The Morgan fingerprint density at radius 2 is 1.89 bits per heavy atom. The Kier molecular flexibility index (Phi) is 5.22. The maximum atomic E-state index is 13.1. The molecule has 0 bridgehead atoms. The van der Waals surface area contributed by atoms with E-state index in [0.29, 0.717) is 24.2 Å². The van der Waals surface area contributed by atoms with E-state index >= 15 is 0 Å². The Balaban J connectivity index is 1.39. The summed E-state index contributed by atoms with van der Waals surface area (Å²) in [6.07, 6.45) is 3.77. The third-order valence-corrected chi connectivity index (χ3v) is 5.26. The second kappa shape index (κ2) is 7.78. The van der Waals surface area contributed by atoms with Crippen molar-refractivity contribution in [1.29, 1.82) is 0 Å². The number of likely N-dealkylation sites (N-methyl/N-ethyl adjacent to an activating group) is 1. The zero-order chi connectivity index (χ0) is 18.8. The average molecular weight is 372 g/mol. The topological polar surface area (TPSA) is 52.8 Å². The molecule has 0 spiro atoms. The lowest BCUT2D eigenvalue weighted by Crippen LogP contribution is -2.47. The van der Waals surface area contributed by atoms with Gasteiger partial charge < -0.3 is 14.2 Å². The van der Waals surface area contributed by atoms with E-state index in [0.717, 1.165) is 51.1 Å². The van der Waals surface area contributed by atoms with Gasteiger partial charge in [0.15, 0.2) is 5.69 Å². The molecule has 1 aliphatic heterocycles. The van der Waals surface area contributed by atoms with E-state index in [9.17, 15) is 9.18 Å². The number of piperazine rings is 1. The van der Waals surface area contributed by atoms with Crippen molar-refractivity contribution >= 4 is 5.91 Å². The fourth-order valence-corrected chi connectivity index (χ4v) is 3.41. The number of oxazole rings is 1. The standard InChI is InChI=1S/C20H25FN4O2/c1-23-8-10-24(11-9-23)20(26)18-14-27-19(22-18)13-25(17-6-7-17)12-15-2-4-16(21)5-3-15/h2-5,14,17H,6-13H2,1H3. The molecule has 144 valence electrons. The minimum Gasteiger partial charge on any atom is -0.447 e. The van der Waals surface area contributed by atoms with Crippen LogP contribution in [0.2, 0.25) is 0 Å². The number of hydrogen-bond acceptors (Lipinski definition) is 5. The van der Waals surface area contributed by atoms with Crippen molar-refractivity contribution < 1.29 is 13.6 Å². The van der Waals surface area contributed by atoms with Crippen LogP contribution in [-0.4, -0.2) is 64.9 Å². The Hall–Kier alpha value is -2.25. The number of aromatic nitrogens is 1. The smallest absolute Gasteiger partial charge is 0.275 e. The van der Waals surface area contributed by atoms with Gasteiger partial charge in [0, 0.05) is 38.8 Å². The first-order valence-corrected chi connectivity index (χ1v) is 9.49. The molecule has 7 heteroatoms. The van der Waals surface area contributed by atoms with Crippen molar-refractivity contribution in [3.63, 3.8) is 0 Å². The Morgan fingerprint density at radius 1 is 1.19 bits per heavy atom. The van der Waals surface area contributed by atoms with Crippen molar-refractivity contribution in [2.45, 2.75) is 32.0 Å². The molecule has 1 saturated heterocycles. The summed E-state index contributed by atoms with van der Waals surface area (Å²) in [6, 6.07) is 7.08. The molecule has 27 heavy (non-hydrogen) atoms. The minimum atomic E-state index is -0.225. The molecular weight excluding hydrogens is 347 g/mol. The van der Waals surface area contributed by atoms with Gasteiger partial charge in [0.05, 0.1) is 6.54 Å². The van der Waals surface area contributed by atoms with Crippen LogP contribution >= 0.6 is 0 Å². The number of halogens is 1. The van der Waals surface area contributed by atoms with Gasteiger partial charge >= 0.3 is 0 Å². The van der Waals surface area contributed by atoms with Gasteiger partial charge in [0.25, 0.3) is 5.91 Å². The van der Waals surface area contributed by atoms with E-state index in [1.807, 2.05) is 17.0 Å². The lowest BCUT2D eigenvalue weighted by Gasteiger charge is -2.31. The summed E-state index contributed by atoms with van der Waals surface area (Å²) in [5, 5.41) is 0. The molecule has 2 heterocycles. The maximum absolute atomic E-state index is 13.1. The molecule has 1 aromatic carbocycles. The lowest BCUT2D eigenvalue weighted by atomic mass is 10.2. The maximum Gasteiger partial charge on any atom is 0.275 e. The van der Waals surface area contributed by atoms with Crippen LogP contribution in [0.5, 0.6) is 0 Å². The van der Waals surface area contributed by atoms with Crippen LogP contribution in [0.1, 0.15) is 34.8 Å². The summed E-state index contributed by atoms with van der Waals surface area (Å²) >= 11 is 0. The van der Waals surface area contributed by atoms with E-state index in [2.05, 4.69) is 21.8 Å². The number of amides is 1. The van der Waals surface area contributed by atoms with Gasteiger partial charge in [0.2, 0.25) is 5.89 Å². The van der Waals surface area contributed by atoms with E-state index < -0.39 is 0 Å².